The second kappa shape index (κ2) is 12.7. The number of halogens is 1. The first-order chi connectivity index (χ1) is 16.7. The van der Waals surface area contributed by atoms with E-state index < -0.39 is 11.9 Å². The van der Waals surface area contributed by atoms with Crippen molar-refractivity contribution in [3.05, 3.63) is 41.8 Å². The maximum atomic E-state index is 13.3. The van der Waals surface area contributed by atoms with E-state index in [-0.39, 0.29) is 11.7 Å². The summed E-state index contributed by atoms with van der Waals surface area (Å²) >= 11 is 3.47. The number of nitrogens with zero attached hydrogens (tertiary/aromatic N) is 2. The molecule has 1 aliphatic rings. The van der Waals surface area contributed by atoms with E-state index in [4.69, 9.17) is 24.3 Å². The zero-order valence-electron chi connectivity index (χ0n) is 19.0. The van der Waals surface area contributed by atoms with Crippen molar-refractivity contribution in [3.63, 3.8) is 0 Å². The number of hydrogen-bond donors (Lipinski definition) is 3. The molecule has 12 heteroatoms. The second-order valence-electron chi connectivity index (χ2n) is 7.94. The zero-order valence-corrected chi connectivity index (χ0v) is 20.7. The number of aromatic nitrogens is 1. The Morgan fingerprint density at radius 3 is 2.57 bits per heavy atom. The number of amides is 1. The third-order valence-electron chi connectivity index (χ3n) is 5.36. The fourth-order valence-electron chi connectivity index (χ4n) is 3.75. The van der Waals surface area contributed by atoms with Gasteiger partial charge < -0.3 is 25.0 Å². The molecule has 0 unspecified atom stereocenters. The third-order valence-corrected chi connectivity index (χ3v) is 7.68. The van der Waals surface area contributed by atoms with Gasteiger partial charge >= 0.3 is 11.9 Å². The molecule has 0 atom stereocenters. The van der Waals surface area contributed by atoms with Crippen molar-refractivity contribution in [2.24, 2.45) is 0 Å². The fourth-order valence-corrected chi connectivity index (χ4v) is 5.83. The topological polar surface area (TPSA) is 133 Å². The lowest BCUT2D eigenvalue weighted by Crippen LogP contribution is -2.34. The molecule has 4 rings (SSSR count). The Morgan fingerprint density at radius 2 is 1.91 bits per heavy atom. The third kappa shape index (κ3) is 8.05. The number of hydrogen-bond acceptors (Lipinski definition) is 8. The first kappa shape index (κ1) is 26.6. The van der Waals surface area contributed by atoms with Crippen LogP contribution in [0.5, 0.6) is 0 Å². The molecular formula is C23H26FN3O6S2. The van der Waals surface area contributed by atoms with Gasteiger partial charge in [0.05, 0.1) is 14.9 Å². The van der Waals surface area contributed by atoms with Gasteiger partial charge in [0.25, 0.3) is 0 Å². The molecular weight excluding hydrogens is 497 g/mol. The summed E-state index contributed by atoms with van der Waals surface area (Å²) in [5, 5.41) is 23.7. The molecule has 1 aliphatic heterocycles. The number of rotatable bonds is 7. The highest BCUT2D eigenvalue weighted by atomic mass is 32.2. The predicted molar refractivity (Wildman–Crippen MR) is 132 cm³/mol. The molecule has 0 bridgehead atoms. The number of piperidine rings is 1. The molecule has 35 heavy (non-hydrogen) atoms. The lowest BCUT2D eigenvalue weighted by atomic mass is 9.91. The quantitative estimate of drug-likeness (QED) is 0.232. The number of carbonyl (C=O) groups excluding carboxylic acids is 1. The standard InChI is InChI=1S/C21H24FN3O2S2.C2H2O4/c1-14(26)23-19-5-6-20(29-19)28-12-2-9-25-10-7-15(8-11-25)21-17-4-3-16(22)13-18(17)27-24-21;3-1(4)2(5)6/h3-6,13,15H,2,7-12H2,1H3,(H,23,26);(H,3,4)(H,5,6). The summed E-state index contributed by atoms with van der Waals surface area (Å²) in [5.41, 5.74) is 1.51. The Balaban J connectivity index is 0.000000509. The van der Waals surface area contributed by atoms with Gasteiger partial charge in [-0.3, -0.25) is 4.79 Å². The van der Waals surface area contributed by atoms with E-state index in [1.165, 1.54) is 23.3 Å². The lowest BCUT2D eigenvalue weighted by molar-refractivity contribution is -0.159. The van der Waals surface area contributed by atoms with Crippen LogP contribution in [0.15, 0.2) is 39.1 Å². The molecule has 3 heterocycles. The van der Waals surface area contributed by atoms with Crippen LogP contribution in [0.2, 0.25) is 0 Å². The minimum absolute atomic E-state index is 0.0300. The highest BCUT2D eigenvalue weighted by Crippen LogP contribution is 2.33. The lowest BCUT2D eigenvalue weighted by Gasteiger charge is -2.31. The fraction of sp³-hybridized carbons (Fsp3) is 0.391. The van der Waals surface area contributed by atoms with Crippen LogP contribution < -0.4 is 5.32 Å². The minimum Gasteiger partial charge on any atom is -0.473 e. The normalized spacial score (nSPS) is 14.3. The van der Waals surface area contributed by atoms with Crippen molar-refractivity contribution < 1.29 is 33.5 Å². The van der Waals surface area contributed by atoms with Gasteiger partial charge in [0.2, 0.25) is 5.91 Å². The molecule has 1 saturated heterocycles. The zero-order chi connectivity index (χ0) is 25.4. The molecule has 3 aromatic rings. The Labute approximate surface area is 209 Å². The summed E-state index contributed by atoms with van der Waals surface area (Å²) in [6, 6.07) is 8.69. The van der Waals surface area contributed by atoms with Gasteiger partial charge in [0, 0.05) is 30.0 Å². The van der Waals surface area contributed by atoms with Crippen molar-refractivity contribution in [2.45, 2.75) is 36.3 Å². The second-order valence-corrected chi connectivity index (χ2v) is 10.4. The summed E-state index contributed by atoms with van der Waals surface area (Å²) in [6.45, 7) is 4.72. The van der Waals surface area contributed by atoms with Gasteiger partial charge in [0.15, 0.2) is 5.58 Å². The number of nitrogens with one attached hydrogen (secondary N) is 1. The molecule has 0 radical (unpaired) electrons. The van der Waals surface area contributed by atoms with Crippen molar-refractivity contribution in [1.29, 1.82) is 0 Å². The molecule has 3 N–H and O–H groups in total. The number of likely N-dealkylation sites (tertiary alicyclic amines) is 1. The van der Waals surface area contributed by atoms with Gasteiger partial charge in [-0.05, 0) is 63.2 Å². The number of thioether (sulfide) groups is 1. The van der Waals surface area contributed by atoms with Gasteiger partial charge in [-0.1, -0.05) is 5.16 Å². The van der Waals surface area contributed by atoms with Crippen LogP contribution in [0.1, 0.15) is 37.8 Å². The first-order valence-electron chi connectivity index (χ1n) is 11.0. The number of thiophene rings is 1. The van der Waals surface area contributed by atoms with E-state index in [1.54, 1.807) is 17.4 Å². The van der Waals surface area contributed by atoms with E-state index >= 15 is 0 Å². The average molecular weight is 524 g/mol. The van der Waals surface area contributed by atoms with Crippen LogP contribution in [0, 0.1) is 5.82 Å². The summed E-state index contributed by atoms with van der Waals surface area (Å²) in [7, 11) is 0. The molecule has 1 aromatic carbocycles. The van der Waals surface area contributed by atoms with E-state index in [0.29, 0.717) is 11.5 Å². The summed E-state index contributed by atoms with van der Waals surface area (Å²) in [4.78, 5) is 31.8. The van der Waals surface area contributed by atoms with Crippen LogP contribution in [-0.4, -0.2) is 63.5 Å². The van der Waals surface area contributed by atoms with Crippen LogP contribution in [-0.2, 0) is 14.4 Å². The summed E-state index contributed by atoms with van der Waals surface area (Å²) < 4.78 is 19.9. The van der Waals surface area contributed by atoms with Gasteiger partial charge in [-0.25, -0.2) is 14.0 Å². The van der Waals surface area contributed by atoms with Crippen LogP contribution in [0.4, 0.5) is 9.39 Å². The van der Waals surface area contributed by atoms with Crippen molar-refractivity contribution in [3.8, 4) is 0 Å². The largest absolute Gasteiger partial charge is 0.473 e. The first-order valence-corrected chi connectivity index (χ1v) is 12.8. The summed E-state index contributed by atoms with van der Waals surface area (Å²) in [5.74, 6) is -2.52. The van der Waals surface area contributed by atoms with Gasteiger partial charge in [0.1, 0.15) is 5.82 Å². The van der Waals surface area contributed by atoms with Crippen LogP contribution in [0.3, 0.4) is 0 Å². The van der Waals surface area contributed by atoms with Crippen LogP contribution >= 0.6 is 23.1 Å². The Hall–Kier alpha value is -2.96. The SMILES string of the molecule is CC(=O)Nc1ccc(SCCCN2CCC(c3noc4cc(F)ccc34)CC2)s1.O=C(O)C(=O)O. The number of anilines is 1. The molecule has 188 valence electrons. The number of aliphatic carboxylic acids is 2. The Kier molecular flexibility index (Phi) is 9.64. The Bertz CT molecular complexity index is 1160. The predicted octanol–water partition coefficient (Wildman–Crippen LogP) is 4.50. The van der Waals surface area contributed by atoms with Crippen LogP contribution in [0.25, 0.3) is 11.0 Å². The number of benzene rings is 1. The number of carbonyl (C=O) groups is 3. The maximum absolute atomic E-state index is 13.3. The van der Waals surface area contributed by atoms with Crippen molar-refractivity contribution in [1.82, 2.24) is 10.1 Å². The number of fused-ring (bicyclic) bond motifs is 1. The highest BCUT2D eigenvalue weighted by molar-refractivity contribution is 8.01. The molecule has 0 saturated carbocycles. The molecule has 9 nitrogen and oxygen atoms in total. The smallest absolute Gasteiger partial charge is 0.414 e. The van der Waals surface area contributed by atoms with E-state index in [1.807, 2.05) is 17.8 Å². The maximum Gasteiger partial charge on any atom is 0.414 e. The summed E-state index contributed by atoms with van der Waals surface area (Å²) in [6.07, 6.45) is 3.24. The highest BCUT2D eigenvalue weighted by Gasteiger charge is 2.25. The van der Waals surface area contributed by atoms with Crippen molar-refractivity contribution >= 4 is 56.9 Å². The molecule has 2 aromatic heterocycles. The Morgan fingerprint density at radius 1 is 1.20 bits per heavy atom. The van der Waals surface area contributed by atoms with Gasteiger partial charge in [-0.15, -0.1) is 23.1 Å². The molecule has 0 aliphatic carbocycles. The van der Waals surface area contributed by atoms with E-state index in [9.17, 15) is 9.18 Å². The van der Waals surface area contributed by atoms with E-state index in [2.05, 4.69) is 21.4 Å². The van der Waals surface area contributed by atoms with Gasteiger partial charge in [-0.2, -0.15) is 0 Å². The molecule has 0 spiro atoms. The average Bonchev–Trinajstić information content (AvgIpc) is 3.43. The molecule has 1 amide bonds. The minimum atomic E-state index is -1.82. The number of carboxylic acid groups (broad SMARTS) is 2. The number of carboxylic acids is 2. The molecule has 1 fully saturated rings. The van der Waals surface area contributed by atoms with E-state index in [0.717, 1.165) is 60.7 Å². The van der Waals surface area contributed by atoms with Crippen molar-refractivity contribution in [2.75, 3.05) is 30.7 Å². The monoisotopic (exact) mass is 523 g/mol.